The first-order valence-corrected chi connectivity index (χ1v) is 9.20. The van der Waals surface area contributed by atoms with Crippen molar-refractivity contribution in [3.63, 3.8) is 0 Å². The van der Waals surface area contributed by atoms with E-state index in [0.717, 1.165) is 19.5 Å². The van der Waals surface area contributed by atoms with Gasteiger partial charge in [-0.25, -0.2) is 0 Å². The first-order valence-electron chi connectivity index (χ1n) is 9.20. The average Bonchev–Trinajstić information content (AvgIpc) is 3.15. The fraction of sp³-hybridized carbons (Fsp3) is 0.579. The predicted octanol–water partition coefficient (Wildman–Crippen LogP) is 1.96. The van der Waals surface area contributed by atoms with Crippen molar-refractivity contribution < 1.29 is 14.7 Å². The Bertz CT molecular complexity index is 588. The summed E-state index contributed by atoms with van der Waals surface area (Å²) in [5.74, 6) is 0.978. The number of amides is 2. The third-order valence-corrected chi connectivity index (χ3v) is 5.28. The Morgan fingerprint density at radius 1 is 1.16 bits per heavy atom. The monoisotopic (exact) mass is 345 g/mol. The van der Waals surface area contributed by atoms with Crippen molar-refractivity contribution in [2.75, 3.05) is 31.5 Å². The molecule has 2 fully saturated rings. The van der Waals surface area contributed by atoms with Gasteiger partial charge in [0.25, 0.3) is 0 Å². The highest BCUT2D eigenvalue weighted by atomic mass is 16.3. The van der Waals surface area contributed by atoms with Crippen LogP contribution < -0.4 is 10.6 Å². The molecule has 25 heavy (non-hydrogen) atoms. The molecule has 1 unspecified atom stereocenters. The van der Waals surface area contributed by atoms with Crippen LogP contribution in [0.1, 0.15) is 32.1 Å². The molecule has 2 saturated heterocycles. The molecular weight excluding hydrogens is 318 g/mol. The molecule has 2 aliphatic rings. The Balaban J connectivity index is 1.40. The number of phenols is 1. The molecule has 2 heterocycles. The number of nitrogens with one attached hydrogen (secondary N) is 2. The quantitative estimate of drug-likeness (QED) is 0.713. The lowest BCUT2D eigenvalue weighted by Gasteiger charge is -2.31. The highest BCUT2D eigenvalue weighted by Crippen LogP contribution is 2.22. The number of aromatic hydroxyl groups is 1. The van der Waals surface area contributed by atoms with Crippen LogP contribution in [0, 0.1) is 11.8 Å². The van der Waals surface area contributed by atoms with Gasteiger partial charge in [-0.05, 0) is 69.0 Å². The van der Waals surface area contributed by atoms with Crippen LogP contribution in [0.2, 0.25) is 0 Å². The van der Waals surface area contributed by atoms with E-state index < -0.39 is 0 Å². The molecule has 1 atom stereocenters. The van der Waals surface area contributed by atoms with Crippen LogP contribution in [0.15, 0.2) is 24.3 Å². The number of hydrogen-bond donors (Lipinski definition) is 3. The summed E-state index contributed by atoms with van der Waals surface area (Å²) in [6.45, 7) is 3.43. The van der Waals surface area contributed by atoms with Crippen molar-refractivity contribution in [2.24, 2.45) is 11.8 Å². The molecule has 2 amide bonds. The lowest BCUT2D eigenvalue weighted by molar-refractivity contribution is -0.134. The van der Waals surface area contributed by atoms with Gasteiger partial charge >= 0.3 is 0 Å². The van der Waals surface area contributed by atoms with Gasteiger partial charge in [-0.2, -0.15) is 0 Å². The average molecular weight is 345 g/mol. The molecule has 2 aliphatic heterocycles. The highest BCUT2D eigenvalue weighted by molar-refractivity contribution is 5.92. The van der Waals surface area contributed by atoms with Crippen molar-refractivity contribution in [2.45, 2.75) is 32.1 Å². The predicted molar refractivity (Wildman–Crippen MR) is 96.3 cm³/mol. The zero-order valence-electron chi connectivity index (χ0n) is 14.5. The molecule has 3 N–H and O–H groups in total. The van der Waals surface area contributed by atoms with Crippen LogP contribution in [-0.2, 0) is 9.59 Å². The highest BCUT2D eigenvalue weighted by Gasteiger charge is 2.27. The van der Waals surface area contributed by atoms with Gasteiger partial charge in [0.2, 0.25) is 11.8 Å². The van der Waals surface area contributed by atoms with Crippen molar-refractivity contribution in [3.05, 3.63) is 24.3 Å². The summed E-state index contributed by atoms with van der Waals surface area (Å²) in [5.41, 5.74) is 0.687. The fourth-order valence-corrected chi connectivity index (χ4v) is 3.63. The molecule has 0 aliphatic carbocycles. The maximum Gasteiger partial charge on any atom is 0.227 e. The van der Waals surface area contributed by atoms with Crippen LogP contribution in [0.4, 0.5) is 5.69 Å². The summed E-state index contributed by atoms with van der Waals surface area (Å²) in [6, 6.07) is 6.47. The Kier molecular flexibility index (Phi) is 5.91. The number of likely N-dealkylation sites (tertiary alicyclic amines) is 1. The molecule has 6 nitrogen and oxygen atoms in total. The first kappa shape index (κ1) is 17.7. The SMILES string of the molecule is O=C(Nc1ccc(O)cc1)C1CCN(C(=O)CCC2CCNC2)CC1. The zero-order valence-corrected chi connectivity index (χ0v) is 14.5. The van der Waals surface area contributed by atoms with Gasteiger partial charge in [0.05, 0.1) is 0 Å². The largest absolute Gasteiger partial charge is 0.508 e. The first-order chi connectivity index (χ1) is 12.1. The maximum atomic E-state index is 12.3. The molecule has 0 saturated carbocycles. The smallest absolute Gasteiger partial charge is 0.227 e. The Morgan fingerprint density at radius 2 is 1.88 bits per heavy atom. The van der Waals surface area contributed by atoms with Crippen molar-refractivity contribution >= 4 is 17.5 Å². The molecule has 0 spiro atoms. The molecule has 1 aromatic rings. The van der Waals surface area contributed by atoms with E-state index in [1.165, 1.54) is 6.42 Å². The Morgan fingerprint density at radius 3 is 2.52 bits per heavy atom. The second kappa shape index (κ2) is 8.34. The van der Waals surface area contributed by atoms with Crippen molar-refractivity contribution in [1.82, 2.24) is 10.2 Å². The number of piperidine rings is 1. The molecule has 0 bridgehead atoms. The topological polar surface area (TPSA) is 81.7 Å². The van der Waals surface area contributed by atoms with E-state index in [2.05, 4.69) is 10.6 Å². The summed E-state index contributed by atoms with van der Waals surface area (Å²) in [6.07, 6.45) is 4.18. The number of carbonyl (C=O) groups is 2. The number of rotatable bonds is 5. The number of anilines is 1. The molecule has 0 radical (unpaired) electrons. The summed E-state index contributed by atoms with van der Waals surface area (Å²) in [5, 5.41) is 15.5. The lowest BCUT2D eigenvalue weighted by atomic mass is 9.95. The molecule has 3 rings (SSSR count). The minimum atomic E-state index is -0.0584. The van der Waals surface area contributed by atoms with Crippen LogP contribution in [0.3, 0.4) is 0 Å². The van der Waals surface area contributed by atoms with Gasteiger partial charge < -0.3 is 20.6 Å². The van der Waals surface area contributed by atoms with E-state index in [-0.39, 0.29) is 23.5 Å². The normalized spacial score (nSPS) is 21.3. The van der Waals surface area contributed by atoms with Crippen LogP contribution >= 0.6 is 0 Å². The molecule has 6 heteroatoms. The number of carbonyl (C=O) groups excluding carboxylic acids is 2. The van der Waals surface area contributed by atoms with E-state index in [0.29, 0.717) is 44.0 Å². The van der Waals surface area contributed by atoms with E-state index in [1.807, 2.05) is 4.90 Å². The number of benzene rings is 1. The zero-order chi connectivity index (χ0) is 17.6. The van der Waals surface area contributed by atoms with Crippen LogP contribution in [-0.4, -0.2) is 48.0 Å². The Labute approximate surface area is 148 Å². The number of nitrogens with zero attached hydrogens (tertiary/aromatic N) is 1. The second-order valence-corrected chi connectivity index (χ2v) is 7.09. The minimum Gasteiger partial charge on any atom is -0.508 e. The molecular formula is C19H27N3O3. The summed E-state index contributed by atoms with van der Waals surface area (Å²) in [7, 11) is 0. The van der Waals surface area contributed by atoms with Gasteiger partial charge in [0, 0.05) is 31.1 Å². The van der Waals surface area contributed by atoms with Crippen molar-refractivity contribution in [3.8, 4) is 5.75 Å². The molecule has 0 aromatic heterocycles. The molecule has 136 valence electrons. The second-order valence-electron chi connectivity index (χ2n) is 7.09. The van der Waals surface area contributed by atoms with Gasteiger partial charge in [-0.15, -0.1) is 0 Å². The minimum absolute atomic E-state index is 0.00480. The maximum absolute atomic E-state index is 12.3. The summed E-state index contributed by atoms with van der Waals surface area (Å²) < 4.78 is 0. The number of phenolic OH excluding ortho intramolecular Hbond substituents is 1. The standard InChI is InChI=1S/C19H27N3O3/c23-17-4-2-16(3-5-17)21-19(25)15-8-11-22(12-9-15)18(24)6-1-14-7-10-20-13-14/h2-5,14-15,20,23H,1,6-13H2,(H,21,25). The summed E-state index contributed by atoms with van der Waals surface area (Å²) in [4.78, 5) is 26.6. The van der Waals surface area contributed by atoms with Crippen molar-refractivity contribution in [1.29, 1.82) is 0 Å². The third kappa shape index (κ3) is 4.95. The van der Waals surface area contributed by atoms with Crippen LogP contribution in [0.5, 0.6) is 5.75 Å². The van der Waals surface area contributed by atoms with Gasteiger partial charge in [0.15, 0.2) is 0 Å². The molecule has 1 aromatic carbocycles. The van der Waals surface area contributed by atoms with Crippen LogP contribution in [0.25, 0.3) is 0 Å². The Hall–Kier alpha value is -2.08. The van der Waals surface area contributed by atoms with E-state index >= 15 is 0 Å². The van der Waals surface area contributed by atoms with E-state index in [9.17, 15) is 14.7 Å². The van der Waals surface area contributed by atoms with E-state index in [1.54, 1.807) is 24.3 Å². The van der Waals surface area contributed by atoms with Gasteiger partial charge in [-0.1, -0.05) is 0 Å². The third-order valence-electron chi connectivity index (χ3n) is 5.28. The van der Waals surface area contributed by atoms with E-state index in [4.69, 9.17) is 0 Å². The number of hydrogen-bond acceptors (Lipinski definition) is 4. The van der Waals surface area contributed by atoms with Gasteiger partial charge in [-0.3, -0.25) is 9.59 Å². The lowest BCUT2D eigenvalue weighted by Crippen LogP contribution is -2.41. The van der Waals surface area contributed by atoms with Gasteiger partial charge in [0.1, 0.15) is 5.75 Å². The fourth-order valence-electron chi connectivity index (χ4n) is 3.63. The summed E-state index contributed by atoms with van der Waals surface area (Å²) >= 11 is 0.